The van der Waals surface area contributed by atoms with E-state index >= 15 is 0 Å². The first-order valence-corrected chi connectivity index (χ1v) is 7.85. The summed E-state index contributed by atoms with van der Waals surface area (Å²) < 4.78 is 29.6. The summed E-state index contributed by atoms with van der Waals surface area (Å²) >= 11 is 0. The van der Waals surface area contributed by atoms with Crippen LogP contribution in [0.25, 0.3) is 0 Å². The summed E-state index contributed by atoms with van der Waals surface area (Å²) in [6.07, 6.45) is 0.193. The van der Waals surface area contributed by atoms with Crippen molar-refractivity contribution >= 4 is 9.84 Å². The van der Waals surface area contributed by atoms with Gasteiger partial charge in [0.2, 0.25) is 0 Å². The maximum Gasteiger partial charge on any atom is 0.179 e. The largest absolute Gasteiger partial charge is 0.376 e. The van der Waals surface area contributed by atoms with Gasteiger partial charge in [-0.2, -0.15) is 0 Å². The lowest BCUT2D eigenvalue weighted by atomic mass is 10.3. The Morgan fingerprint density at radius 3 is 2.72 bits per heavy atom. The molecule has 1 saturated heterocycles. The molecule has 0 saturated carbocycles. The molecule has 1 fully saturated rings. The van der Waals surface area contributed by atoms with Crippen LogP contribution in [0.15, 0.2) is 35.2 Å². The quantitative estimate of drug-likeness (QED) is 0.823. The Bertz CT molecular complexity index is 472. The van der Waals surface area contributed by atoms with Gasteiger partial charge in [-0.15, -0.1) is 0 Å². The van der Waals surface area contributed by atoms with E-state index < -0.39 is 9.84 Å². The second-order valence-electron chi connectivity index (χ2n) is 4.61. The summed E-state index contributed by atoms with van der Waals surface area (Å²) in [5, 5.41) is 0. The van der Waals surface area contributed by atoms with Gasteiger partial charge in [0, 0.05) is 19.6 Å². The van der Waals surface area contributed by atoms with Gasteiger partial charge in [-0.1, -0.05) is 18.2 Å². The molecule has 1 aliphatic rings. The maximum absolute atomic E-state index is 12.1. The van der Waals surface area contributed by atoms with Crippen LogP contribution in [0.1, 0.15) is 6.92 Å². The van der Waals surface area contributed by atoms with E-state index in [1.165, 1.54) is 0 Å². The predicted molar refractivity (Wildman–Crippen MR) is 70.3 cm³/mol. The summed E-state index contributed by atoms with van der Waals surface area (Å²) in [7, 11) is -3.16. The highest BCUT2D eigenvalue weighted by Gasteiger charge is 2.20. The molecule has 4 nitrogen and oxygen atoms in total. The molecule has 0 bridgehead atoms. The lowest BCUT2D eigenvalue weighted by molar-refractivity contribution is -0.0160. The first kappa shape index (κ1) is 13.5. The van der Waals surface area contributed by atoms with Crippen LogP contribution >= 0.6 is 0 Å². The molecule has 100 valence electrons. The average Bonchev–Trinajstić information content (AvgIpc) is 2.38. The van der Waals surface area contributed by atoms with E-state index in [2.05, 4.69) is 4.90 Å². The van der Waals surface area contributed by atoms with E-state index in [0.717, 1.165) is 13.1 Å². The smallest absolute Gasteiger partial charge is 0.179 e. The first-order chi connectivity index (χ1) is 8.58. The van der Waals surface area contributed by atoms with E-state index in [1.807, 2.05) is 13.0 Å². The third kappa shape index (κ3) is 3.54. The number of nitrogens with zero attached hydrogens (tertiary/aromatic N) is 1. The van der Waals surface area contributed by atoms with Crippen molar-refractivity contribution in [3.05, 3.63) is 30.3 Å². The number of sulfone groups is 1. The molecule has 0 N–H and O–H groups in total. The van der Waals surface area contributed by atoms with Gasteiger partial charge in [0.05, 0.1) is 23.4 Å². The molecule has 0 aromatic heterocycles. The summed E-state index contributed by atoms with van der Waals surface area (Å²) in [6, 6.07) is 8.63. The SMILES string of the molecule is CC1CN(CCS(=O)(=O)c2ccccc2)CCO1. The number of hydrogen-bond donors (Lipinski definition) is 0. The van der Waals surface area contributed by atoms with Crippen molar-refractivity contribution in [2.75, 3.05) is 32.0 Å². The van der Waals surface area contributed by atoms with Crippen LogP contribution in [0.2, 0.25) is 0 Å². The summed E-state index contributed by atoms with van der Waals surface area (Å²) in [4.78, 5) is 2.56. The fraction of sp³-hybridized carbons (Fsp3) is 0.538. The molecule has 0 aliphatic carbocycles. The molecule has 1 atom stereocenters. The number of hydrogen-bond acceptors (Lipinski definition) is 4. The minimum absolute atomic E-state index is 0.170. The highest BCUT2D eigenvalue weighted by Crippen LogP contribution is 2.11. The minimum Gasteiger partial charge on any atom is -0.376 e. The lowest BCUT2D eigenvalue weighted by Gasteiger charge is -2.30. The van der Waals surface area contributed by atoms with Crippen molar-refractivity contribution in [1.29, 1.82) is 0 Å². The fourth-order valence-electron chi connectivity index (χ4n) is 2.09. The average molecular weight is 269 g/mol. The van der Waals surface area contributed by atoms with Gasteiger partial charge in [-0.05, 0) is 19.1 Å². The van der Waals surface area contributed by atoms with E-state index in [4.69, 9.17) is 4.74 Å². The molecule has 2 rings (SSSR count). The van der Waals surface area contributed by atoms with Crippen LogP contribution in [0.3, 0.4) is 0 Å². The first-order valence-electron chi connectivity index (χ1n) is 6.20. The molecule has 1 aromatic carbocycles. The van der Waals surface area contributed by atoms with Gasteiger partial charge in [-0.3, -0.25) is 4.90 Å². The van der Waals surface area contributed by atoms with Crippen LogP contribution in [-0.4, -0.2) is 51.4 Å². The third-order valence-corrected chi connectivity index (χ3v) is 4.81. The molecule has 1 aromatic rings. The zero-order valence-corrected chi connectivity index (χ0v) is 11.4. The highest BCUT2D eigenvalue weighted by atomic mass is 32.2. The van der Waals surface area contributed by atoms with Gasteiger partial charge in [-0.25, -0.2) is 8.42 Å². The van der Waals surface area contributed by atoms with E-state index in [-0.39, 0.29) is 11.9 Å². The summed E-state index contributed by atoms with van der Waals surface area (Å²) in [6.45, 7) is 4.90. The Balaban J connectivity index is 1.93. The van der Waals surface area contributed by atoms with E-state index in [0.29, 0.717) is 18.0 Å². The predicted octanol–water partition coefficient (Wildman–Crippen LogP) is 1.18. The van der Waals surface area contributed by atoms with Gasteiger partial charge >= 0.3 is 0 Å². The van der Waals surface area contributed by atoms with Crippen molar-refractivity contribution in [2.24, 2.45) is 0 Å². The van der Waals surface area contributed by atoms with Gasteiger partial charge < -0.3 is 4.74 Å². The molecule has 18 heavy (non-hydrogen) atoms. The Kier molecular flexibility index (Phi) is 4.37. The topological polar surface area (TPSA) is 46.6 Å². The van der Waals surface area contributed by atoms with Crippen molar-refractivity contribution in [2.45, 2.75) is 17.9 Å². The standard InChI is InChI=1S/C13H19NO3S/c1-12-11-14(7-9-17-12)8-10-18(15,16)13-5-3-2-4-6-13/h2-6,12H,7-11H2,1H3. The molecule has 1 unspecified atom stereocenters. The monoisotopic (exact) mass is 269 g/mol. The van der Waals surface area contributed by atoms with Gasteiger partial charge in [0.15, 0.2) is 9.84 Å². The molecule has 0 spiro atoms. The second-order valence-corrected chi connectivity index (χ2v) is 6.72. The normalized spacial score (nSPS) is 21.9. The van der Waals surface area contributed by atoms with Gasteiger partial charge in [0.25, 0.3) is 0 Å². The minimum atomic E-state index is -3.16. The van der Waals surface area contributed by atoms with Crippen LogP contribution in [0.4, 0.5) is 0 Å². The van der Waals surface area contributed by atoms with E-state index in [1.54, 1.807) is 24.3 Å². The van der Waals surface area contributed by atoms with Crippen molar-refractivity contribution in [3.63, 3.8) is 0 Å². The Morgan fingerprint density at radius 1 is 1.33 bits per heavy atom. The number of morpholine rings is 1. The van der Waals surface area contributed by atoms with Gasteiger partial charge in [0.1, 0.15) is 0 Å². The fourth-order valence-corrected chi connectivity index (χ4v) is 3.39. The van der Waals surface area contributed by atoms with Crippen LogP contribution in [-0.2, 0) is 14.6 Å². The summed E-state index contributed by atoms with van der Waals surface area (Å²) in [5.41, 5.74) is 0. The highest BCUT2D eigenvalue weighted by molar-refractivity contribution is 7.91. The maximum atomic E-state index is 12.1. The second kappa shape index (κ2) is 5.82. The Labute approximate surface area is 108 Å². The molecular weight excluding hydrogens is 250 g/mol. The number of ether oxygens (including phenoxy) is 1. The lowest BCUT2D eigenvalue weighted by Crippen LogP contribution is -2.43. The Morgan fingerprint density at radius 2 is 2.06 bits per heavy atom. The van der Waals surface area contributed by atoms with E-state index in [9.17, 15) is 8.42 Å². The Hall–Kier alpha value is -0.910. The van der Waals surface area contributed by atoms with Crippen LogP contribution < -0.4 is 0 Å². The molecule has 0 amide bonds. The number of rotatable bonds is 4. The third-order valence-electron chi connectivity index (χ3n) is 3.10. The molecule has 5 heteroatoms. The molecule has 1 heterocycles. The summed E-state index contributed by atoms with van der Waals surface area (Å²) in [5.74, 6) is 0.170. The van der Waals surface area contributed by atoms with Crippen molar-refractivity contribution < 1.29 is 13.2 Å². The molecule has 1 aliphatic heterocycles. The molecule has 0 radical (unpaired) electrons. The zero-order valence-electron chi connectivity index (χ0n) is 10.6. The van der Waals surface area contributed by atoms with Crippen molar-refractivity contribution in [3.8, 4) is 0 Å². The number of benzene rings is 1. The zero-order chi connectivity index (χ0) is 13.0. The molecular formula is C13H19NO3S. The van der Waals surface area contributed by atoms with Crippen LogP contribution in [0, 0.1) is 0 Å². The van der Waals surface area contributed by atoms with Crippen LogP contribution in [0.5, 0.6) is 0 Å². The van der Waals surface area contributed by atoms with Crippen molar-refractivity contribution in [1.82, 2.24) is 4.90 Å².